The van der Waals surface area contributed by atoms with Crippen molar-refractivity contribution in [3.05, 3.63) is 69.8 Å². The van der Waals surface area contributed by atoms with Gasteiger partial charge in [0.2, 0.25) is 0 Å². The number of amides is 1. The molecule has 2 aromatic rings. The number of benzene rings is 2. The fraction of sp³-hybridized carbons (Fsp3) is 0.381. The molecule has 1 saturated heterocycles. The van der Waals surface area contributed by atoms with E-state index < -0.39 is 4.92 Å². The summed E-state index contributed by atoms with van der Waals surface area (Å²) in [6, 6.07) is 13.9. The van der Waals surface area contributed by atoms with E-state index in [1.165, 1.54) is 36.7 Å². The molecule has 2 aromatic carbocycles. The zero-order chi connectivity index (χ0) is 19.4. The van der Waals surface area contributed by atoms with Gasteiger partial charge in [0.15, 0.2) is 0 Å². The van der Waals surface area contributed by atoms with E-state index in [1.807, 2.05) is 19.1 Å². The molecule has 0 bridgehead atoms. The summed E-state index contributed by atoms with van der Waals surface area (Å²) in [6.07, 6.45) is 2.51. The topological polar surface area (TPSA) is 75.5 Å². The highest BCUT2D eigenvalue weighted by molar-refractivity contribution is 5.95. The van der Waals surface area contributed by atoms with Gasteiger partial charge in [0.1, 0.15) is 0 Å². The van der Waals surface area contributed by atoms with Crippen LogP contribution in [0.4, 0.5) is 11.4 Å². The SMILES string of the molecule is CC1CCCN(c2ccc(C(C)NC(=O)c3cccc([N+](=O)[O-])c3)cc2)C1. The summed E-state index contributed by atoms with van der Waals surface area (Å²) in [6.45, 7) is 6.36. The lowest BCUT2D eigenvalue weighted by molar-refractivity contribution is -0.384. The van der Waals surface area contributed by atoms with E-state index in [4.69, 9.17) is 0 Å². The van der Waals surface area contributed by atoms with Gasteiger partial charge in [0, 0.05) is 36.5 Å². The molecule has 3 rings (SSSR count). The number of nitro groups is 1. The number of hydrogen-bond acceptors (Lipinski definition) is 4. The molecule has 27 heavy (non-hydrogen) atoms. The highest BCUT2D eigenvalue weighted by Crippen LogP contribution is 2.25. The van der Waals surface area contributed by atoms with Crippen molar-refractivity contribution < 1.29 is 9.72 Å². The first-order valence-electron chi connectivity index (χ1n) is 9.34. The Hall–Kier alpha value is -2.89. The maximum atomic E-state index is 12.4. The van der Waals surface area contributed by atoms with Gasteiger partial charge >= 0.3 is 0 Å². The Bertz CT molecular complexity index is 820. The zero-order valence-electron chi connectivity index (χ0n) is 15.7. The van der Waals surface area contributed by atoms with E-state index in [0.717, 1.165) is 18.7 Å². The van der Waals surface area contributed by atoms with Crippen LogP contribution in [0.25, 0.3) is 0 Å². The van der Waals surface area contributed by atoms with Crippen molar-refractivity contribution in [1.29, 1.82) is 0 Å². The second kappa shape index (κ2) is 8.20. The molecule has 0 saturated carbocycles. The predicted molar refractivity (Wildman–Crippen MR) is 106 cm³/mol. The number of nitro benzene ring substituents is 1. The molecule has 0 radical (unpaired) electrons. The van der Waals surface area contributed by atoms with Crippen LogP contribution < -0.4 is 10.2 Å². The molecule has 1 aliphatic rings. The summed E-state index contributed by atoms with van der Waals surface area (Å²) < 4.78 is 0. The fourth-order valence-electron chi connectivity index (χ4n) is 3.52. The quantitative estimate of drug-likeness (QED) is 0.631. The van der Waals surface area contributed by atoms with Crippen LogP contribution in [-0.4, -0.2) is 23.9 Å². The van der Waals surface area contributed by atoms with E-state index >= 15 is 0 Å². The molecular formula is C21H25N3O3. The molecule has 6 heteroatoms. The summed E-state index contributed by atoms with van der Waals surface area (Å²) in [5.41, 5.74) is 2.41. The Labute approximate surface area is 159 Å². The molecule has 2 unspecified atom stereocenters. The normalized spacial score (nSPS) is 18.0. The number of anilines is 1. The summed E-state index contributed by atoms with van der Waals surface area (Å²) in [5, 5.41) is 13.8. The molecule has 0 aliphatic carbocycles. The van der Waals surface area contributed by atoms with Gasteiger partial charge in [0.25, 0.3) is 11.6 Å². The third-order valence-corrected chi connectivity index (χ3v) is 5.08. The second-order valence-electron chi connectivity index (χ2n) is 7.29. The highest BCUT2D eigenvalue weighted by Gasteiger charge is 2.18. The van der Waals surface area contributed by atoms with E-state index in [1.54, 1.807) is 6.07 Å². The van der Waals surface area contributed by atoms with Crippen LogP contribution >= 0.6 is 0 Å². The van der Waals surface area contributed by atoms with Crippen LogP contribution in [0, 0.1) is 16.0 Å². The summed E-state index contributed by atoms with van der Waals surface area (Å²) in [4.78, 5) is 25.2. The summed E-state index contributed by atoms with van der Waals surface area (Å²) >= 11 is 0. The molecule has 142 valence electrons. The Morgan fingerprint density at radius 2 is 2.00 bits per heavy atom. The van der Waals surface area contributed by atoms with Crippen molar-refractivity contribution in [1.82, 2.24) is 5.32 Å². The minimum absolute atomic E-state index is 0.0876. The lowest BCUT2D eigenvalue weighted by atomic mass is 9.99. The molecule has 2 atom stereocenters. The van der Waals surface area contributed by atoms with Crippen LogP contribution in [0.3, 0.4) is 0 Å². The fourth-order valence-corrected chi connectivity index (χ4v) is 3.52. The molecule has 1 aliphatic heterocycles. The van der Waals surface area contributed by atoms with Crippen LogP contribution in [0.1, 0.15) is 48.7 Å². The van der Waals surface area contributed by atoms with Crippen molar-refractivity contribution in [3.8, 4) is 0 Å². The zero-order valence-corrected chi connectivity index (χ0v) is 15.7. The minimum Gasteiger partial charge on any atom is -0.371 e. The van der Waals surface area contributed by atoms with Gasteiger partial charge < -0.3 is 10.2 Å². The minimum atomic E-state index is -0.500. The van der Waals surface area contributed by atoms with Gasteiger partial charge in [0.05, 0.1) is 11.0 Å². The number of carbonyl (C=O) groups is 1. The molecule has 1 amide bonds. The van der Waals surface area contributed by atoms with E-state index in [0.29, 0.717) is 5.92 Å². The van der Waals surface area contributed by atoms with Gasteiger partial charge in [-0.3, -0.25) is 14.9 Å². The van der Waals surface area contributed by atoms with Crippen LogP contribution in [0.15, 0.2) is 48.5 Å². The summed E-state index contributed by atoms with van der Waals surface area (Å²) in [5.74, 6) is 0.395. The molecule has 1 fully saturated rings. The van der Waals surface area contributed by atoms with Crippen molar-refractivity contribution in [2.45, 2.75) is 32.7 Å². The maximum absolute atomic E-state index is 12.4. The third kappa shape index (κ3) is 4.64. The number of nitrogens with zero attached hydrogens (tertiary/aromatic N) is 2. The molecule has 1 N–H and O–H groups in total. The van der Waals surface area contributed by atoms with Crippen LogP contribution in [0.2, 0.25) is 0 Å². The van der Waals surface area contributed by atoms with Crippen LogP contribution in [-0.2, 0) is 0 Å². The first-order chi connectivity index (χ1) is 12.9. The Morgan fingerprint density at radius 3 is 2.67 bits per heavy atom. The Morgan fingerprint density at radius 1 is 1.26 bits per heavy atom. The number of rotatable bonds is 5. The molecule has 0 aromatic heterocycles. The lowest BCUT2D eigenvalue weighted by Crippen LogP contribution is -2.34. The van der Waals surface area contributed by atoms with Crippen molar-refractivity contribution >= 4 is 17.3 Å². The van der Waals surface area contributed by atoms with Crippen molar-refractivity contribution in [2.75, 3.05) is 18.0 Å². The molecular weight excluding hydrogens is 342 g/mol. The number of carbonyl (C=O) groups excluding carboxylic acids is 1. The van der Waals surface area contributed by atoms with Gasteiger partial charge in [-0.2, -0.15) is 0 Å². The number of nitrogens with one attached hydrogen (secondary N) is 1. The maximum Gasteiger partial charge on any atom is 0.270 e. The van der Waals surface area contributed by atoms with Gasteiger partial charge in [-0.15, -0.1) is 0 Å². The average Bonchev–Trinajstić information content (AvgIpc) is 2.68. The Balaban J connectivity index is 1.65. The highest BCUT2D eigenvalue weighted by atomic mass is 16.6. The molecule has 6 nitrogen and oxygen atoms in total. The number of hydrogen-bond donors (Lipinski definition) is 1. The Kier molecular flexibility index (Phi) is 5.74. The predicted octanol–water partition coefficient (Wildman–Crippen LogP) is 4.32. The van der Waals surface area contributed by atoms with E-state index in [-0.39, 0.29) is 23.2 Å². The number of non-ortho nitro benzene ring substituents is 1. The van der Waals surface area contributed by atoms with Gasteiger partial charge in [-0.25, -0.2) is 0 Å². The monoisotopic (exact) mass is 367 g/mol. The van der Waals surface area contributed by atoms with Crippen LogP contribution in [0.5, 0.6) is 0 Å². The smallest absolute Gasteiger partial charge is 0.270 e. The van der Waals surface area contributed by atoms with Gasteiger partial charge in [-0.05, 0) is 49.4 Å². The van der Waals surface area contributed by atoms with E-state index in [2.05, 4.69) is 29.3 Å². The number of piperidine rings is 1. The third-order valence-electron chi connectivity index (χ3n) is 5.08. The first-order valence-corrected chi connectivity index (χ1v) is 9.34. The summed E-state index contributed by atoms with van der Waals surface area (Å²) in [7, 11) is 0. The molecule has 0 spiro atoms. The second-order valence-corrected chi connectivity index (χ2v) is 7.29. The average molecular weight is 367 g/mol. The lowest BCUT2D eigenvalue weighted by Gasteiger charge is -2.33. The van der Waals surface area contributed by atoms with Crippen molar-refractivity contribution in [2.24, 2.45) is 5.92 Å². The first kappa shape index (κ1) is 18.9. The van der Waals surface area contributed by atoms with E-state index in [9.17, 15) is 14.9 Å². The van der Waals surface area contributed by atoms with Crippen molar-refractivity contribution in [3.63, 3.8) is 0 Å². The van der Waals surface area contributed by atoms with Gasteiger partial charge in [-0.1, -0.05) is 25.1 Å². The largest absolute Gasteiger partial charge is 0.371 e. The molecule has 1 heterocycles. The standard InChI is InChI=1S/C21H25N3O3/c1-15-5-4-12-23(14-15)19-10-8-17(9-11-19)16(2)22-21(25)18-6-3-7-20(13-18)24(26)27/h3,6-11,13,15-16H,4-5,12,14H2,1-2H3,(H,22,25).